The highest BCUT2D eigenvalue weighted by Gasteiger charge is 2.14. The lowest BCUT2D eigenvalue weighted by molar-refractivity contribution is -0.138. The maximum absolute atomic E-state index is 11.1. The van der Waals surface area contributed by atoms with Gasteiger partial charge in [0.2, 0.25) is 6.54 Å². The van der Waals surface area contributed by atoms with Crippen LogP contribution in [0.5, 0.6) is 0 Å². The van der Waals surface area contributed by atoms with E-state index < -0.39 is 5.97 Å². The Balaban J connectivity index is 4.37. The summed E-state index contributed by atoms with van der Waals surface area (Å²) in [5, 5.41) is 0. The Labute approximate surface area is 77.2 Å². The van der Waals surface area contributed by atoms with E-state index in [9.17, 15) is 4.79 Å². The molecule has 0 aromatic rings. The lowest BCUT2D eigenvalue weighted by Gasteiger charge is -2.04. The van der Waals surface area contributed by atoms with Crippen LogP contribution in [0.25, 0.3) is 4.85 Å². The average molecular weight is 183 g/mol. The third-order valence-corrected chi connectivity index (χ3v) is 1.34. The van der Waals surface area contributed by atoms with E-state index in [-0.39, 0.29) is 31.0 Å². The molecule has 0 aliphatic carbocycles. The second-order valence-electron chi connectivity index (χ2n) is 2.29. The lowest BCUT2D eigenvalue weighted by atomic mass is 10.2. The molecule has 5 nitrogen and oxygen atoms in total. The summed E-state index contributed by atoms with van der Waals surface area (Å²) in [5.41, 5.74) is 10.7. The van der Waals surface area contributed by atoms with Crippen LogP contribution in [0.2, 0.25) is 0 Å². The molecule has 5 heteroatoms. The largest absolute Gasteiger partial charge is 0.463 e. The summed E-state index contributed by atoms with van der Waals surface area (Å²) in [6, 6.07) is 0. The summed E-state index contributed by atoms with van der Waals surface area (Å²) in [7, 11) is 0. The first kappa shape index (κ1) is 11.3. The summed E-state index contributed by atoms with van der Waals surface area (Å²) in [5.74, 6) is -0.603. The summed E-state index contributed by atoms with van der Waals surface area (Å²) < 4.78 is 4.70. The number of ether oxygens (including phenoxy) is 1. The number of hydrogen-bond donors (Lipinski definition) is 2. The van der Waals surface area contributed by atoms with Crippen LogP contribution >= 0.6 is 0 Å². The van der Waals surface area contributed by atoms with Gasteiger partial charge in [-0.3, -0.25) is 0 Å². The third kappa shape index (κ3) is 4.01. The molecule has 0 spiro atoms. The van der Waals surface area contributed by atoms with Crippen LogP contribution in [0.4, 0.5) is 0 Å². The predicted octanol–water partition coefficient (Wildman–Crippen LogP) is -0.0121. The molecule has 0 radical (unpaired) electrons. The third-order valence-electron chi connectivity index (χ3n) is 1.34. The second kappa shape index (κ2) is 5.89. The van der Waals surface area contributed by atoms with E-state index in [1.54, 1.807) is 6.92 Å². The fourth-order valence-corrected chi connectivity index (χ4v) is 0.750. The van der Waals surface area contributed by atoms with Crippen molar-refractivity contribution < 1.29 is 9.53 Å². The maximum Gasteiger partial charge on any atom is 0.337 e. The van der Waals surface area contributed by atoms with Crippen LogP contribution in [0.3, 0.4) is 0 Å². The number of rotatable bonds is 4. The van der Waals surface area contributed by atoms with Gasteiger partial charge < -0.3 is 21.0 Å². The molecule has 13 heavy (non-hydrogen) atoms. The van der Waals surface area contributed by atoms with Gasteiger partial charge in [-0.05, 0) is 6.92 Å². The van der Waals surface area contributed by atoms with Gasteiger partial charge in [-0.2, -0.15) is 0 Å². The van der Waals surface area contributed by atoms with E-state index in [4.69, 9.17) is 22.8 Å². The molecule has 0 amide bonds. The van der Waals surface area contributed by atoms with Gasteiger partial charge in [0.15, 0.2) is 0 Å². The van der Waals surface area contributed by atoms with Crippen molar-refractivity contribution in [2.24, 2.45) is 11.5 Å². The minimum Gasteiger partial charge on any atom is -0.463 e. The monoisotopic (exact) mass is 183 g/mol. The quantitative estimate of drug-likeness (QED) is 0.365. The van der Waals surface area contributed by atoms with Gasteiger partial charge in [0.05, 0.1) is 18.6 Å². The highest BCUT2D eigenvalue weighted by atomic mass is 16.5. The first-order valence-electron chi connectivity index (χ1n) is 3.87. The van der Waals surface area contributed by atoms with Crippen LogP contribution in [0.1, 0.15) is 13.3 Å². The van der Waals surface area contributed by atoms with Gasteiger partial charge in [-0.1, -0.05) is 0 Å². The fourth-order valence-electron chi connectivity index (χ4n) is 0.750. The van der Waals surface area contributed by atoms with Crippen molar-refractivity contribution in [3.63, 3.8) is 0 Å². The normalized spacial score (nSPS) is 8.62. The number of nitrogens with two attached hydrogens (primary N) is 2. The zero-order valence-electron chi connectivity index (χ0n) is 7.54. The molecule has 0 unspecified atom stereocenters. The minimum absolute atomic E-state index is 0.0675. The Morgan fingerprint density at radius 2 is 2.15 bits per heavy atom. The van der Waals surface area contributed by atoms with Crippen molar-refractivity contribution in [2.45, 2.75) is 13.3 Å². The lowest BCUT2D eigenvalue weighted by Crippen LogP contribution is -2.20. The summed E-state index contributed by atoms with van der Waals surface area (Å²) in [4.78, 5) is 14.2. The van der Waals surface area contributed by atoms with Crippen LogP contribution in [-0.2, 0) is 9.53 Å². The molecule has 0 bridgehead atoms. The Morgan fingerprint density at radius 1 is 1.54 bits per heavy atom. The summed E-state index contributed by atoms with van der Waals surface area (Å²) in [6.07, 6.45) is 0.241. The van der Waals surface area contributed by atoms with Crippen molar-refractivity contribution in [2.75, 3.05) is 13.2 Å². The molecule has 0 saturated carbocycles. The molecule has 72 valence electrons. The predicted molar refractivity (Wildman–Crippen MR) is 48.1 cm³/mol. The van der Waals surface area contributed by atoms with Gasteiger partial charge in [0, 0.05) is 0 Å². The van der Waals surface area contributed by atoms with Crippen LogP contribution in [0.15, 0.2) is 11.4 Å². The van der Waals surface area contributed by atoms with Crippen molar-refractivity contribution in [1.82, 2.24) is 0 Å². The molecule has 0 aliphatic rings. The molecule has 0 fully saturated rings. The average Bonchev–Trinajstić information content (AvgIpc) is 2.05. The molecule has 4 N–H and O–H groups in total. The molecule has 0 aliphatic heterocycles. The van der Waals surface area contributed by atoms with Crippen molar-refractivity contribution >= 4 is 5.97 Å². The molecular weight excluding hydrogens is 170 g/mol. The van der Waals surface area contributed by atoms with Crippen LogP contribution in [-0.4, -0.2) is 19.1 Å². The Morgan fingerprint density at radius 3 is 2.54 bits per heavy atom. The molecule has 0 aromatic carbocycles. The number of esters is 1. The van der Waals surface area contributed by atoms with E-state index in [0.717, 1.165) is 0 Å². The summed E-state index contributed by atoms with van der Waals surface area (Å²) >= 11 is 0. The summed E-state index contributed by atoms with van der Waals surface area (Å²) in [6.45, 7) is 8.70. The van der Waals surface area contributed by atoms with Crippen molar-refractivity contribution in [3.05, 3.63) is 22.8 Å². The standard InChI is InChI=1S/C8H13N3O2/c1-3-13-8(12)6(7(9)10)4-5-11-2/h3-5,9-10H2,1H3. The minimum atomic E-state index is -0.536. The zero-order chi connectivity index (χ0) is 10.3. The maximum atomic E-state index is 11.1. The highest BCUT2D eigenvalue weighted by molar-refractivity contribution is 5.89. The first-order valence-corrected chi connectivity index (χ1v) is 3.87. The Bertz CT molecular complexity index is 249. The Kier molecular flexibility index (Phi) is 5.12. The number of carbonyl (C=O) groups is 1. The molecule has 0 atom stereocenters. The van der Waals surface area contributed by atoms with E-state index in [0.29, 0.717) is 0 Å². The van der Waals surface area contributed by atoms with Crippen molar-refractivity contribution in [3.8, 4) is 0 Å². The van der Waals surface area contributed by atoms with Gasteiger partial charge in [0.1, 0.15) is 5.82 Å². The SMILES string of the molecule is [C-]#[N+]CCC(C(=O)OCC)=C(N)N. The van der Waals surface area contributed by atoms with E-state index in [2.05, 4.69) is 4.85 Å². The van der Waals surface area contributed by atoms with Gasteiger partial charge in [-0.15, -0.1) is 0 Å². The molecule has 0 rings (SSSR count). The van der Waals surface area contributed by atoms with Gasteiger partial charge >= 0.3 is 5.97 Å². The fraction of sp³-hybridized carbons (Fsp3) is 0.500. The molecule has 0 saturated heterocycles. The van der Waals surface area contributed by atoms with Gasteiger partial charge in [0.25, 0.3) is 0 Å². The van der Waals surface area contributed by atoms with Gasteiger partial charge in [-0.25, -0.2) is 11.4 Å². The Hall–Kier alpha value is -1.70. The number of nitrogens with zero attached hydrogens (tertiary/aromatic N) is 1. The molecule has 0 heterocycles. The van der Waals surface area contributed by atoms with Crippen LogP contribution in [0, 0.1) is 6.57 Å². The number of hydrogen-bond acceptors (Lipinski definition) is 4. The van der Waals surface area contributed by atoms with E-state index >= 15 is 0 Å². The van der Waals surface area contributed by atoms with E-state index in [1.165, 1.54) is 0 Å². The topological polar surface area (TPSA) is 82.7 Å². The van der Waals surface area contributed by atoms with E-state index in [1.807, 2.05) is 0 Å². The van der Waals surface area contributed by atoms with Crippen LogP contribution < -0.4 is 11.5 Å². The second-order valence-corrected chi connectivity index (χ2v) is 2.29. The molecular formula is C8H13N3O2. The zero-order valence-corrected chi connectivity index (χ0v) is 7.54. The first-order chi connectivity index (χ1) is 6.13. The smallest absolute Gasteiger partial charge is 0.337 e. The van der Waals surface area contributed by atoms with Crippen molar-refractivity contribution in [1.29, 1.82) is 0 Å². The highest BCUT2D eigenvalue weighted by Crippen LogP contribution is 2.05. The number of carbonyl (C=O) groups excluding carboxylic acids is 1. The molecule has 0 aromatic heterocycles.